The molecule has 2 fully saturated rings. The van der Waals surface area contributed by atoms with Crippen LogP contribution in [-0.4, -0.2) is 6.04 Å². The minimum Gasteiger partial charge on any atom is -0.328 e. The lowest BCUT2D eigenvalue weighted by atomic mass is 9.83. The van der Waals surface area contributed by atoms with Crippen molar-refractivity contribution >= 4 is 6.08 Å². The molecule has 1 unspecified atom stereocenters. The van der Waals surface area contributed by atoms with E-state index in [2.05, 4.69) is 30.4 Å². The molecule has 3 atom stereocenters. The topological polar surface area (TPSA) is 26.0 Å². The van der Waals surface area contributed by atoms with Gasteiger partial charge in [-0.25, -0.2) is 0 Å². The predicted molar refractivity (Wildman–Crippen MR) is 70.8 cm³/mol. The molecule has 2 N–H and O–H groups in total. The first-order chi connectivity index (χ1) is 8.29. The summed E-state index contributed by atoms with van der Waals surface area (Å²) < 4.78 is 0. The minimum atomic E-state index is 0.442. The van der Waals surface area contributed by atoms with Crippen molar-refractivity contribution in [1.82, 2.24) is 0 Å². The highest BCUT2D eigenvalue weighted by atomic mass is 14.8. The molecule has 0 spiro atoms. The smallest absolute Gasteiger partial charge is 0.00503 e. The maximum absolute atomic E-state index is 6.14. The summed E-state index contributed by atoms with van der Waals surface area (Å²) in [4.78, 5) is 0. The van der Waals surface area contributed by atoms with Crippen molar-refractivity contribution in [3.63, 3.8) is 0 Å². The molecule has 1 nitrogen and oxygen atoms in total. The van der Waals surface area contributed by atoms with E-state index in [-0.39, 0.29) is 0 Å². The maximum Gasteiger partial charge on any atom is 0.00503 e. The van der Waals surface area contributed by atoms with E-state index in [4.69, 9.17) is 5.73 Å². The molecule has 0 radical (unpaired) electrons. The highest BCUT2D eigenvalue weighted by Crippen LogP contribution is 2.64. The van der Waals surface area contributed by atoms with Gasteiger partial charge in [-0.1, -0.05) is 30.4 Å². The van der Waals surface area contributed by atoms with Gasteiger partial charge in [-0.05, 0) is 54.7 Å². The van der Waals surface area contributed by atoms with Gasteiger partial charge in [0.2, 0.25) is 0 Å². The SMILES string of the molecule is NC1C[C@@H]2C[C@]2(c2cccc3c2C=CCC3)C1. The lowest BCUT2D eigenvalue weighted by Crippen LogP contribution is -2.21. The molecule has 3 aliphatic carbocycles. The van der Waals surface area contributed by atoms with Gasteiger partial charge in [0, 0.05) is 11.5 Å². The molecule has 0 amide bonds. The summed E-state index contributed by atoms with van der Waals surface area (Å²) in [6.07, 6.45) is 10.9. The molecule has 17 heavy (non-hydrogen) atoms. The summed E-state index contributed by atoms with van der Waals surface area (Å²) in [5.41, 5.74) is 11.3. The summed E-state index contributed by atoms with van der Waals surface area (Å²) in [6.45, 7) is 0. The van der Waals surface area contributed by atoms with E-state index in [0.29, 0.717) is 11.5 Å². The van der Waals surface area contributed by atoms with Crippen molar-refractivity contribution in [2.75, 3.05) is 0 Å². The van der Waals surface area contributed by atoms with E-state index in [1.54, 1.807) is 11.1 Å². The first-order valence-corrected chi connectivity index (χ1v) is 6.84. The molecule has 3 aliphatic rings. The average Bonchev–Trinajstić information content (AvgIpc) is 2.92. The standard InChI is InChI=1S/C16H19N/c17-13-8-12-9-16(12,10-13)15-7-3-5-11-4-1-2-6-14(11)15/h2-3,5-7,12-13H,1,4,8-10,17H2/t12-,13?,16+/m1/s1. The van der Waals surface area contributed by atoms with Gasteiger partial charge in [0.25, 0.3) is 0 Å². The first kappa shape index (κ1) is 9.90. The Morgan fingerprint density at radius 2 is 2.18 bits per heavy atom. The number of benzene rings is 1. The molecule has 0 heterocycles. The zero-order chi connectivity index (χ0) is 11.5. The minimum absolute atomic E-state index is 0.442. The van der Waals surface area contributed by atoms with E-state index in [1.807, 2.05) is 0 Å². The normalized spacial score (nSPS) is 37.7. The molecular formula is C16H19N. The average molecular weight is 225 g/mol. The Morgan fingerprint density at radius 1 is 1.24 bits per heavy atom. The van der Waals surface area contributed by atoms with Crippen LogP contribution >= 0.6 is 0 Å². The van der Waals surface area contributed by atoms with Gasteiger partial charge in [-0.2, -0.15) is 0 Å². The Kier molecular flexibility index (Phi) is 1.88. The Labute approximate surface area is 103 Å². The van der Waals surface area contributed by atoms with Crippen LogP contribution in [0.3, 0.4) is 0 Å². The Bertz CT molecular complexity index is 502. The third-order valence-corrected chi connectivity index (χ3v) is 5.04. The Hall–Kier alpha value is -1.08. The van der Waals surface area contributed by atoms with Gasteiger partial charge < -0.3 is 5.73 Å². The first-order valence-electron chi connectivity index (χ1n) is 6.84. The van der Waals surface area contributed by atoms with Crippen molar-refractivity contribution in [2.45, 2.75) is 43.6 Å². The molecule has 4 rings (SSSR count). The van der Waals surface area contributed by atoms with Crippen LogP contribution in [0, 0.1) is 5.92 Å². The van der Waals surface area contributed by atoms with Crippen LogP contribution in [-0.2, 0) is 11.8 Å². The second kappa shape index (κ2) is 3.23. The molecule has 0 bridgehead atoms. The lowest BCUT2D eigenvalue weighted by Gasteiger charge is -2.21. The van der Waals surface area contributed by atoms with E-state index < -0.39 is 0 Å². The molecule has 0 aromatic heterocycles. The summed E-state index contributed by atoms with van der Waals surface area (Å²) in [5.74, 6) is 0.874. The van der Waals surface area contributed by atoms with E-state index in [0.717, 1.165) is 5.92 Å². The molecule has 1 aromatic rings. The predicted octanol–water partition coefficient (Wildman–Crippen LogP) is 3.02. The monoisotopic (exact) mass is 225 g/mol. The lowest BCUT2D eigenvalue weighted by molar-refractivity contribution is 0.582. The van der Waals surface area contributed by atoms with Gasteiger partial charge in [0.05, 0.1) is 0 Å². The van der Waals surface area contributed by atoms with Crippen LogP contribution in [0.15, 0.2) is 24.3 Å². The molecular weight excluding hydrogens is 206 g/mol. The maximum atomic E-state index is 6.14. The van der Waals surface area contributed by atoms with Gasteiger partial charge >= 0.3 is 0 Å². The van der Waals surface area contributed by atoms with Gasteiger partial charge in [0.1, 0.15) is 0 Å². The summed E-state index contributed by atoms with van der Waals surface area (Å²) in [6, 6.07) is 7.34. The fourth-order valence-corrected chi connectivity index (χ4v) is 4.20. The van der Waals surface area contributed by atoms with Crippen molar-refractivity contribution in [1.29, 1.82) is 0 Å². The number of rotatable bonds is 1. The van der Waals surface area contributed by atoms with E-state index in [1.165, 1.54) is 37.7 Å². The van der Waals surface area contributed by atoms with Crippen molar-refractivity contribution in [2.24, 2.45) is 11.7 Å². The second-order valence-electron chi connectivity index (χ2n) is 6.08. The third kappa shape index (κ3) is 1.29. The largest absolute Gasteiger partial charge is 0.328 e. The fourth-order valence-electron chi connectivity index (χ4n) is 4.20. The van der Waals surface area contributed by atoms with Gasteiger partial charge in [0.15, 0.2) is 0 Å². The Morgan fingerprint density at radius 3 is 3.00 bits per heavy atom. The number of allylic oxidation sites excluding steroid dienone is 1. The Balaban J connectivity index is 1.83. The van der Waals surface area contributed by atoms with Crippen LogP contribution in [0.5, 0.6) is 0 Å². The summed E-state index contributed by atoms with van der Waals surface area (Å²) in [7, 11) is 0. The van der Waals surface area contributed by atoms with Gasteiger partial charge in [-0.3, -0.25) is 0 Å². The van der Waals surface area contributed by atoms with Gasteiger partial charge in [-0.15, -0.1) is 0 Å². The van der Waals surface area contributed by atoms with Crippen molar-refractivity contribution in [3.8, 4) is 0 Å². The highest BCUT2D eigenvalue weighted by molar-refractivity contribution is 5.63. The van der Waals surface area contributed by atoms with Crippen molar-refractivity contribution < 1.29 is 0 Å². The van der Waals surface area contributed by atoms with E-state index in [9.17, 15) is 0 Å². The zero-order valence-corrected chi connectivity index (χ0v) is 10.2. The van der Waals surface area contributed by atoms with Crippen LogP contribution in [0.25, 0.3) is 6.08 Å². The summed E-state index contributed by atoms with van der Waals surface area (Å²) in [5, 5.41) is 0. The fraction of sp³-hybridized carbons (Fsp3) is 0.500. The quantitative estimate of drug-likeness (QED) is 0.781. The number of hydrogen-bond acceptors (Lipinski definition) is 1. The molecule has 0 aliphatic heterocycles. The molecule has 0 saturated heterocycles. The van der Waals surface area contributed by atoms with Crippen LogP contribution < -0.4 is 5.73 Å². The van der Waals surface area contributed by atoms with Crippen LogP contribution in [0.1, 0.15) is 42.4 Å². The second-order valence-corrected chi connectivity index (χ2v) is 6.08. The summed E-state index contributed by atoms with van der Waals surface area (Å²) >= 11 is 0. The zero-order valence-electron chi connectivity index (χ0n) is 10.2. The molecule has 1 heteroatoms. The number of nitrogens with two attached hydrogens (primary N) is 1. The van der Waals surface area contributed by atoms with Crippen molar-refractivity contribution in [3.05, 3.63) is 41.0 Å². The number of fused-ring (bicyclic) bond motifs is 2. The number of aryl methyl sites for hydroxylation is 1. The highest BCUT2D eigenvalue weighted by Gasteiger charge is 2.60. The molecule has 1 aromatic carbocycles. The van der Waals surface area contributed by atoms with E-state index >= 15 is 0 Å². The van der Waals surface area contributed by atoms with Crippen LogP contribution in [0.2, 0.25) is 0 Å². The molecule has 2 saturated carbocycles. The van der Waals surface area contributed by atoms with Crippen LogP contribution in [0.4, 0.5) is 0 Å². The molecule has 88 valence electrons. The number of hydrogen-bond donors (Lipinski definition) is 1. The third-order valence-electron chi connectivity index (χ3n) is 5.04.